The number of benzene rings is 2. The summed E-state index contributed by atoms with van der Waals surface area (Å²) < 4.78 is 5.78. The Balaban J connectivity index is 1.72. The van der Waals surface area contributed by atoms with Crippen molar-refractivity contribution in [2.75, 3.05) is 0 Å². The Morgan fingerprint density at radius 2 is 2.00 bits per heavy atom. The lowest BCUT2D eigenvalue weighted by atomic mass is 10.0. The molecule has 0 aromatic heterocycles. The van der Waals surface area contributed by atoms with Gasteiger partial charge >= 0.3 is 0 Å². The summed E-state index contributed by atoms with van der Waals surface area (Å²) in [6.07, 6.45) is 3.41. The zero-order valence-corrected chi connectivity index (χ0v) is 13.5. The average Bonchev–Trinajstić information content (AvgIpc) is 2.59. The van der Waals surface area contributed by atoms with Crippen LogP contribution in [0.15, 0.2) is 60.4 Å². The molecule has 0 fully saturated rings. The van der Waals surface area contributed by atoms with Gasteiger partial charge in [0.1, 0.15) is 5.75 Å². The number of hydrogen-bond acceptors (Lipinski definition) is 2. The molecule has 2 aromatic rings. The number of aryl methyl sites for hydroxylation is 1. The van der Waals surface area contributed by atoms with Gasteiger partial charge in [0, 0.05) is 0 Å². The highest BCUT2D eigenvalue weighted by Gasteiger charge is 2.21. The maximum Gasteiger partial charge on any atom is 0.287 e. The van der Waals surface area contributed by atoms with Crippen molar-refractivity contribution in [1.82, 2.24) is 5.32 Å². The molecule has 1 aliphatic rings. The van der Waals surface area contributed by atoms with Crippen molar-refractivity contribution >= 4 is 5.91 Å². The van der Waals surface area contributed by atoms with E-state index >= 15 is 0 Å². The molecule has 0 aliphatic carbocycles. The van der Waals surface area contributed by atoms with Crippen LogP contribution < -0.4 is 10.1 Å². The van der Waals surface area contributed by atoms with Crippen LogP contribution in [-0.2, 0) is 11.2 Å². The number of rotatable bonds is 4. The van der Waals surface area contributed by atoms with Gasteiger partial charge in [-0.1, -0.05) is 55.0 Å². The topological polar surface area (TPSA) is 38.3 Å². The SMILES string of the molecule is CCC(NC(=O)C1=CCc2cc(C)ccc2O1)c1ccccc1. The molecule has 0 bridgehead atoms. The predicted octanol–water partition coefficient (Wildman–Crippen LogP) is 4.08. The van der Waals surface area contributed by atoms with Crippen molar-refractivity contribution < 1.29 is 9.53 Å². The Hall–Kier alpha value is -2.55. The van der Waals surface area contributed by atoms with Crippen LogP contribution in [0, 0.1) is 6.92 Å². The van der Waals surface area contributed by atoms with Crippen LogP contribution in [0.4, 0.5) is 0 Å². The van der Waals surface area contributed by atoms with Gasteiger partial charge in [-0.3, -0.25) is 4.79 Å². The molecule has 0 saturated carbocycles. The molecule has 1 unspecified atom stereocenters. The van der Waals surface area contributed by atoms with Gasteiger partial charge in [0.05, 0.1) is 6.04 Å². The molecular weight excluding hydrogens is 286 g/mol. The van der Waals surface area contributed by atoms with E-state index in [4.69, 9.17) is 4.74 Å². The molecular formula is C20H21NO2. The maximum absolute atomic E-state index is 12.5. The minimum atomic E-state index is -0.160. The molecule has 1 atom stereocenters. The summed E-state index contributed by atoms with van der Waals surface area (Å²) in [5, 5.41) is 3.06. The molecule has 0 saturated heterocycles. The Bertz CT molecular complexity index is 735. The van der Waals surface area contributed by atoms with Crippen molar-refractivity contribution in [2.45, 2.75) is 32.7 Å². The van der Waals surface area contributed by atoms with Crippen molar-refractivity contribution in [3.05, 3.63) is 77.1 Å². The van der Waals surface area contributed by atoms with Crippen LogP contribution in [0.25, 0.3) is 0 Å². The molecule has 0 radical (unpaired) electrons. The van der Waals surface area contributed by atoms with Gasteiger partial charge in [0.15, 0.2) is 5.76 Å². The summed E-state index contributed by atoms with van der Waals surface area (Å²) in [5.41, 5.74) is 3.43. The highest BCUT2D eigenvalue weighted by atomic mass is 16.5. The van der Waals surface area contributed by atoms with Crippen molar-refractivity contribution in [3.8, 4) is 5.75 Å². The van der Waals surface area contributed by atoms with E-state index in [-0.39, 0.29) is 11.9 Å². The largest absolute Gasteiger partial charge is 0.452 e. The predicted molar refractivity (Wildman–Crippen MR) is 91.2 cm³/mol. The van der Waals surface area contributed by atoms with E-state index in [1.807, 2.05) is 48.5 Å². The molecule has 2 aromatic carbocycles. The first-order valence-electron chi connectivity index (χ1n) is 8.00. The van der Waals surface area contributed by atoms with Crippen LogP contribution in [-0.4, -0.2) is 5.91 Å². The lowest BCUT2D eigenvalue weighted by Crippen LogP contribution is -2.32. The second kappa shape index (κ2) is 6.69. The third kappa shape index (κ3) is 3.45. The molecule has 3 rings (SSSR count). The molecule has 1 heterocycles. The number of nitrogens with one attached hydrogen (secondary N) is 1. The van der Waals surface area contributed by atoms with E-state index in [0.29, 0.717) is 5.76 Å². The van der Waals surface area contributed by atoms with Gasteiger partial charge in [-0.25, -0.2) is 0 Å². The number of carbonyl (C=O) groups is 1. The maximum atomic E-state index is 12.5. The van der Waals surface area contributed by atoms with E-state index in [1.54, 1.807) is 0 Å². The third-order valence-corrected chi connectivity index (χ3v) is 4.08. The summed E-state index contributed by atoms with van der Waals surface area (Å²) in [6.45, 7) is 4.12. The number of ether oxygens (including phenoxy) is 1. The number of carbonyl (C=O) groups excluding carboxylic acids is 1. The van der Waals surface area contributed by atoms with Gasteiger partial charge in [-0.05, 0) is 43.0 Å². The highest BCUT2D eigenvalue weighted by Crippen LogP contribution is 2.27. The van der Waals surface area contributed by atoms with Crippen LogP contribution in [0.1, 0.15) is 36.1 Å². The Morgan fingerprint density at radius 1 is 1.22 bits per heavy atom. The summed E-state index contributed by atoms with van der Waals surface area (Å²) in [7, 11) is 0. The smallest absolute Gasteiger partial charge is 0.287 e. The van der Waals surface area contributed by atoms with Crippen LogP contribution in [0.2, 0.25) is 0 Å². The summed E-state index contributed by atoms with van der Waals surface area (Å²) in [4.78, 5) is 12.5. The summed E-state index contributed by atoms with van der Waals surface area (Å²) in [5.74, 6) is 0.999. The third-order valence-electron chi connectivity index (χ3n) is 4.08. The first-order chi connectivity index (χ1) is 11.2. The van der Waals surface area contributed by atoms with Crippen molar-refractivity contribution in [1.29, 1.82) is 0 Å². The Morgan fingerprint density at radius 3 is 2.74 bits per heavy atom. The first-order valence-corrected chi connectivity index (χ1v) is 8.00. The Kier molecular flexibility index (Phi) is 4.47. The zero-order valence-electron chi connectivity index (χ0n) is 13.5. The molecule has 0 spiro atoms. The lowest BCUT2D eigenvalue weighted by Gasteiger charge is -2.21. The van der Waals surface area contributed by atoms with Gasteiger partial charge in [0.25, 0.3) is 5.91 Å². The fourth-order valence-electron chi connectivity index (χ4n) is 2.80. The van der Waals surface area contributed by atoms with E-state index in [0.717, 1.165) is 29.7 Å². The zero-order chi connectivity index (χ0) is 16.2. The number of fused-ring (bicyclic) bond motifs is 1. The van der Waals surface area contributed by atoms with Crippen LogP contribution >= 0.6 is 0 Å². The minimum absolute atomic E-state index is 0.00684. The van der Waals surface area contributed by atoms with E-state index in [2.05, 4.69) is 25.2 Å². The fourth-order valence-corrected chi connectivity index (χ4v) is 2.80. The normalized spacial score (nSPS) is 14.3. The Labute approximate surface area is 137 Å². The van der Waals surface area contributed by atoms with E-state index in [1.165, 1.54) is 5.56 Å². The molecule has 118 valence electrons. The molecule has 23 heavy (non-hydrogen) atoms. The van der Waals surface area contributed by atoms with Gasteiger partial charge in [-0.15, -0.1) is 0 Å². The number of amides is 1. The molecule has 3 nitrogen and oxygen atoms in total. The second-order valence-corrected chi connectivity index (χ2v) is 5.83. The van der Waals surface area contributed by atoms with Crippen molar-refractivity contribution in [2.24, 2.45) is 0 Å². The first kappa shape index (κ1) is 15.3. The van der Waals surface area contributed by atoms with Gasteiger partial charge in [0.2, 0.25) is 0 Å². The van der Waals surface area contributed by atoms with Crippen LogP contribution in [0.5, 0.6) is 5.75 Å². The fraction of sp³-hybridized carbons (Fsp3) is 0.250. The molecule has 3 heteroatoms. The quantitative estimate of drug-likeness (QED) is 0.924. The molecule has 1 amide bonds. The van der Waals surface area contributed by atoms with E-state index in [9.17, 15) is 4.79 Å². The molecule has 1 N–H and O–H groups in total. The van der Waals surface area contributed by atoms with Crippen molar-refractivity contribution in [3.63, 3.8) is 0 Å². The number of hydrogen-bond donors (Lipinski definition) is 1. The summed E-state index contributed by atoms with van der Waals surface area (Å²) >= 11 is 0. The minimum Gasteiger partial charge on any atom is -0.452 e. The van der Waals surface area contributed by atoms with Crippen LogP contribution in [0.3, 0.4) is 0 Å². The molecule has 1 aliphatic heterocycles. The van der Waals surface area contributed by atoms with E-state index < -0.39 is 0 Å². The monoisotopic (exact) mass is 307 g/mol. The second-order valence-electron chi connectivity index (χ2n) is 5.83. The summed E-state index contributed by atoms with van der Waals surface area (Å²) in [6, 6.07) is 16.0. The van der Waals surface area contributed by atoms with Gasteiger partial charge in [-0.2, -0.15) is 0 Å². The standard InChI is InChI=1S/C20H21NO2/c1-3-17(15-7-5-4-6-8-15)21-20(22)19-12-10-16-13-14(2)9-11-18(16)23-19/h4-9,11-13,17H,3,10H2,1-2H3,(H,21,22). The van der Waals surface area contributed by atoms with Gasteiger partial charge < -0.3 is 10.1 Å². The lowest BCUT2D eigenvalue weighted by molar-refractivity contribution is -0.120. The number of allylic oxidation sites excluding steroid dienone is 1. The highest BCUT2D eigenvalue weighted by molar-refractivity contribution is 5.92. The average molecular weight is 307 g/mol.